The molecule has 2 rings (SSSR count). The maximum Gasteiger partial charge on any atom is 0.295 e. The molecule has 3 heteroatoms. The third-order valence-electron chi connectivity index (χ3n) is 2.49. The highest BCUT2D eigenvalue weighted by Crippen LogP contribution is 2.11. The van der Waals surface area contributed by atoms with Crippen LogP contribution in [0.4, 0.5) is 0 Å². The third kappa shape index (κ3) is 2.75. The largest absolute Gasteiger partial charge is 0.295 e. The van der Waals surface area contributed by atoms with Crippen molar-refractivity contribution in [2.24, 2.45) is 9.98 Å². The zero-order valence-electron chi connectivity index (χ0n) is 9.97. The van der Waals surface area contributed by atoms with Crippen LogP contribution in [0, 0.1) is 0 Å². The molecule has 0 N–H and O–H groups in total. The second-order valence-electron chi connectivity index (χ2n) is 4.18. The van der Waals surface area contributed by atoms with Gasteiger partial charge in [0.25, 0.3) is 5.91 Å². The molecular formula is C14H14N2O. The number of allylic oxidation sites excluding steroid dienone is 1. The first-order valence-electron chi connectivity index (χ1n) is 5.54. The normalized spacial score (nSPS) is 14.8. The minimum Gasteiger partial charge on any atom is -0.265 e. The predicted molar refractivity (Wildman–Crippen MR) is 69.5 cm³/mol. The number of aliphatic imine (C=N–C) groups is 2. The Bertz CT molecular complexity index is 520. The Morgan fingerprint density at radius 1 is 1.18 bits per heavy atom. The van der Waals surface area contributed by atoms with Crippen LogP contribution in [-0.4, -0.2) is 17.8 Å². The fraction of sp³-hybridized carbons (Fsp3) is 0.214. The summed E-state index contributed by atoms with van der Waals surface area (Å²) in [5.74, 6) is -0.238. The predicted octanol–water partition coefficient (Wildman–Crippen LogP) is 2.58. The van der Waals surface area contributed by atoms with Crippen LogP contribution in [0.15, 0.2) is 51.6 Å². The highest BCUT2D eigenvalue weighted by molar-refractivity contribution is 6.36. The van der Waals surface area contributed by atoms with Crippen LogP contribution in [0.5, 0.6) is 0 Å². The lowest BCUT2D eigenvalue weighted by atomic mass is 10.1. The van der Waals surface area contributed by atoms with Gasteiger partial charge in [0.05, 0.1) is 5.71 Å². The molecule has 0 atom stereocenters. The van der Waals surface area contributed by atoms with Crippen molar-refractivity contribution in [3.05, 3.63) is 47.2 Å². The Kier molecular flexibility index (Phi) is 3.28. The molecule has 1 aliphatic heterocycles. The Morgan fingerprint density at radius 3 is 2.47 bits per heavy atom. The third-order valence-corrected chi connectivity index (χ3v) is 2.49. The molecule has 1 amide bonds. The lowest BCUT2D eigenvalue weighted by Crippen LogP contribution is -2.15. The molecule has 0 bridgehead atoms. The molecule has 1 heterocycles. The summed E-state index contributed by atoms with van der Waals surface area (Å²) in [5.41, 5.74) is 3.20. The first-order chi connectivity index (χ1) is 8.16. The average Bonchev–Trinajstić information content (AvgIpc) is 2.30. The van der Waals surface area contributed by atoms with Gasteiger partial charge in [-0.15, -0.1) is 0 Å². The Morgan fingerprint density at radius 2 is 1.88 bits per heavy atom. The molecule has 0 fully saturated rings. The van der Waals surface area contributed by atoms with Crippen LogP contribution in [0.2, 0.25) is 0 Å². The monoisotopic (exact) mass is 226 g/mol. The summed E-state index contributed by atoms with van der Waals surface area (Å²) in [4.78, 5) is 19.9. The summed E-state index contributed by atoms with van der Waals surface area (Å²) in [6, 6.07) is 9.93. The van der Waals surface area contributed by atoms with Gasteiger partial charge in [0, 0.05) is 12.6 Å². The Hall–Kier alpha value is -2.03. The number of carbonyl (C=O) groups excluding carboxylic acids is 1. The standard InChI is InChI=1S/C14H14N2O/c1-10(2)13-14(17)16-12(9-15-13)8-11-6-4-3-5-7-11/h3-7,9H,8H2,1-2H3. The van der Waals surface area contributed by atoms with Crippen molar-refractivity contribution in [3.8, 4) is 0 Å². The quantitative estimate of drug-likeness (QED) is 0.714. The van der Waals surface area contributed by atoms with Gasteiger partial charge < -0.3 is 0 Å². The molecule has 0 unspecified atom stereocenters. The van der Waals surface area contributed by atoms with Gasteiger partial charge in [-0.2, -0.15) is 0 Å². The molecule has 0 aliphatic carbocycles. The van der Waals surface area contributed by atoms with Gasteiger partial charge in [-0.25, -0.2) is 9.98 Å². The summed E-state index contributed by atoms with van der Waals surface area (Å²) in [6.45, 7) is 3.73. The van der Waals surface area contributed by atoms with E-state index >= 15 is 0 Å². The Balaban J connectivity index is 2.17. The molecular weight excluding hydrogens is 212 g/mol. The molecule has 0 saturated heterocycles. The van der Waals surface area contributed by atoms with Gasteiger partial charge in [0.15, 0.2) is 0 Å². The van der Waals surface area contributed by atoms with Gasteiger partial charge in [0.2, 0.25) is 0 Å². The van der Waals surface area contributed by atoms with Crippen molar-refractivity contribution < 1.29 is 4.79 Å². The van der Waals surface area contributed by atoms with Gasteiger partial charge in [-0.1, -0.05) is 30.3 Å². The molecule has 0 spiro atoms. The second-order valence-corrected chi connectivity index (χ2v) is 4.18. The van der Waals surface area contributed by atoms with Crippen LogP contribution in [0.1, 0.15) is 19.4 Å². The van der Waals surface area contributed by atoms with Crippen molar-refractivity contribution in [2.75, 3.05) is 0 Å². The molecule has 0 radical (unpaired) electrons. The van der Waals surface area contributed by atoms with Crippen molar-refractivity contribution in [3.63, 3.8) is 0 Å². The molecule has 1 aromatic carbocycles. The lowest BCUT2D eigenvalue weighted by Gasteiger charge is -2.08. The van der Waals surface area contributed by atoms with Crippen LogP contribution in [0.25, 0.3) is 0 Å². The van der Waals surface area contributed by atoms with Crippen LogP contribution >= 0.6 is 0 Å². The number of hydrogen-bond acceptors (Lipinski definition) is 2. The van der Waals surface area contributed by atoms with E-state index in [1.54, 1.807) is 6.21 Å². The minimum atomic E-state index is -0.238. The second kappa shape index (κ2) is 4.87. The highest BCUT2D eigenvalue weighted by atomic mass is 16.1. The minimum absolute atomic E-state index is 0.238. The van der Waals surface area contributed by atoms with E-state index in [9.17, 15) is 4.79 Å². The summed E-state index contributed by atoms with van der Waals surface area (Å²) < 4.78 is 0. The molecule has 3 nitrogen and oxygen atoms in total. The van der Waals surface area contributed by atoms with Crippen LogP contribution in [0.3, 0.4) is 0 Å². The summed E-state index contributed by atoms with van der Waals surface area (Å²) >= 11 is 0. The number of amides is 1. The van der Waals surface area contributed by atoms with Gasteiger partial charge in [0.1, 0.15) is 5.70 Å². The summed E-state index contributed by atoms with van der Waals surface area (Å²) in [5, 5.41) is 0. The maximum absolute atomic E-state index is 11.7. The molecule has 17 heavy (non-hydrogen) atoms. The number of rotatable bonds is 2. The molecule has 0 aromatic heterocycles. The van der Waals surface area contributed by atoms with E-state index in [0.29, 0.717) is 17.8 Å². The van der Waals surface area contributed by atoms with Gasteiger partial charge >= 0.3 is 0 Å². The topological polar surface area (TPSA) is 41.8 Å². The first-order valence-corrected chi connectivity index (χ1v) is 5.54. The smallest absolute Gasteiger partial charge is 0.265 e. The maximum atomic E-state index is 11.7. The van der Waals surface area contributed by atoms with Gasteiger partial charge in [-0.3, -0.25) is 4.79 Å². The zero-order chi connectivity index (χ0) is 12.3. The number of benzene rings is 1. The van der Waals surface area contributed by atoms with E-state index in [4.69, 9.17) is 0 Å². The fourth-order valence-corrected chi connectivity index (χ4v) is 1.64. The van der Waals surface area contributed by atoms with Crippen LogP contribution in [-0.2, 0) is 11.2 Å². The van der Waals surface area contributed by atoms with Crippen LogP contribution < -0.4 is 0 Å². The van der Waals surface area contributed by atoms with Crippen molar-refractivity contribution in [2.45, 2.75) is 20.3 Å². The van der Waals surface area contributed by atoms with Gasteiger partial charge in [-0.05, 0) is 25.0 Å². The SMILES string of the molecule is CC(C)=C1N=CC(Cc2ccccc2)=NC1=O. The molecule has 1 aromatic rings. The molecule has 86 valence electrons. The fourth-order valence-electron chi connectivity index (χ4n) is 1.64. The van der Waals surface area contributed by atoms with E-state index in [2.05, 4.69) is 9.98 Å². The lowest BCUT2D eigenvalue weighted by molar-refractivity contribution is -0.114. The molecule has 1 aliphatic rings. The van der Waals surface area contributed by atoms with E-state index in [-0.39, 0.29) is 5.91 Å². The van der Waals surface area contributed by atoms with E-state index in [1.807, 2.05) is 44.2 Å². The zero-order valence-corrected chi connectivity index (χ0v) is 9.97. The van der Waals surface area contributed by atoms with E-state index in [0.717, 1.165) is 11.1 Å². The van der Waals surface area contributed by atoms with Crippen molar-refractivity contribution >= 4 is 17.8 Å². The Labute approximate surface area is 101 Å². The van der Waals surface area contributed by atoms with E-state index < -0.39 is 0 Å². The van der Waals surface area contributed by atoms with E-state index in [1.165, 1.54) is 0 Å². The van der Waals surface area contributed by atoms with Crippen molar-refractivity contribution in [1.82, 2.24) is 0 Å². The molecule has 0 saturated carbocycles. The highest BCUT2D eigenvalue weighted by Gasteiger charge is 2.14. The summed E-state index contributed by atoms with van der Waals surface area (Å²) in [7, 11) is 0. The number of nitrogens with zero attached hydrogens (tertiary/aromatic N) is 2. The number of carbonyl (C=O) groups is 1. The number of hydrogen-bond donors (Lipinski definition) is 0. The summed E-state index contributed by atoms with van der Waals surface area (Å²) in [6.07, 6.45) is 2.32. The van der Waals surface area contributed by atoms with Crippen molar-refractivity contribution in [1.29, 1.82) is 0 Å². The first kappa shape index (κ1) is 11.5. The average molecular weight is 226 g/mol.